The molecule has 0 spiro atoms. The van der Waals surface area contributed by atoms with Crippen molar-refractivity contribution in [3.8, 4) is 0 Å². The molecular formula is C18H18N2O3. The lowest BCUT2D eigenvalue weighted by molar-refractivity contribution is -0.143. The number of benzene rings is 2. The lowest BCUT2D eigenvalue weighted by atomic mass is 9.94. The first-order valence-electron chi connectivity index (χ1n) is 7.50. The molecular weight excluding hydrogens is 292 g/mol. The molecule has 1 aliphatic heterocycles. The third kappa shape index (κ3) is 3.18. The van der Waals surface area contributed by atoms with Crippen molar-refractivity contribution in [1.29, 1.82) is 0 Å². The second-order valence-electron chi connectivity index (χ2n) is 5.45. The van der Waals surface area contributed by atoms with Crippen LogP contribution in [0.25, 0.3) is 0 Å². The number of nitrogens with one attached hydrogen (secondary N) is 1. The van der Waals surface area contributed by atoms with E-state index in [4.69, 9.17) is 4.74 Å². The topological polar surface area (TPSA) is 58.6 Å². The molecule has 118 valence electrons. The first-order chi connectivity index (χ1) is 11.2. The minimum Gasteiger partial charge on any atom is -0.465 e. The predicted molar refractivity (Wildman–Crippen MR) is 86.4 cm³/mol. The number of amides is 1. The first kappa shape index (κ1) is 15.1. The number of para-hydroxylation sites is 1. The van der Waals surface area contributed by atoms with Crippen molar-refractivity contribution < 1.29 is 14.3 Å². The predicted octanol–water partition coefficient (Wildman–Crippen LogP) is 2.46. The highest BCUT2D eigenvalue weighted by Gasteiger charge is 2.42. The number of nitrogens with zero attached hydrogens (tertiary/aromatic N) is 1. The summed E-state index contributed by atoms with van der Waals surface area (Å²) in [7, 11) is 0. The van der Waals surface area contributed by atoms with E-state index in [9.17, 15) is 9.59 Å². The number of rotatable bonds is 4. The quantitative estimate of drug-likeness (QED) is 0.881. The largest absolute Gasteiger partial charge is 0.465 e. The van der Waals surface area contributed by atoms with Crippen LogP contribution >= 0.6 is 0 Å². The summed E-state index contributed by atoms with van der Waals surface area (Å²) in [5.41, 5.74) is 4.78. The van der Waals surface area contributed by atoms with Gasteiger partial charge in [0.2, 0.25) is 5.91 Å². The zero-order valence-corrected chi connectivity index (χ0v) is 12.8. The van der Waals surface area contributed by atoms with E-state index in [0.29, 0.717) is 0 Å². The molecule has 5 nitrogen and oxygen atoms in total. The Morgan fingerprint density at radius 1 is 1.09 bits per heavy atom. The Balaban J connectivity index is 1.96. The Morgan fingerprint density at radius 3 is 2.30 bits per heavy atom. The van der Waals surface area contributed by atoms with Crippen LogP contribution in [0.5, 0.6) is 0 Å². The summed E-state index contributed by atoms with van der Waals surface area (Å²) in [6, 6.07) is 19.2. The maximum Gasteiger partial charge on any atom is 0.302 e. The van der Waals surface area contributed by atoms with E-state index in [1.807, 2.05) is 65.7 Å². The number of anilines is 1. The van der Waals surface area contributed by atoms with Crippen LogP contribution in [0.3, 0.4) is 0 Å². The number of hydrogen-bond acceptors (Lipinski definition) is 4. The van der Waals surface area contributed by atoms with E-state index in [2.05, 4.69) is 5.43 Å². The molecule has 2 aromatic rings. The van der Waals surface area contributed by atoms with Crippen molar-refractivity contribution in [2.45, 2.75) is 13.0 Å². The van der Waals surface area contributed by atoms with Crippen molar-refractivity contribution in [2.24, 2.45) is 5.92 Å². The molecule has 1 amide bonds. The fourth-order valence-corrected chi connectivity index (χ4v) is 2.81. The minimum absolute atomic E-state index is 0.0596. The van der Waals surface area contributed by atoms with Crippen LogP contribution in [0.4, 0.5) is 5.69 Å². The second-order valence-corrected chi connectivity index (χ2v) is 5.45. The third-order valence-corrected chi connectivity index (χ3v) is 3.87. The van der Waals surface area contributed by atoms with Gasteiger partial charge < -0.3 is 4.74 Å². The van der Waals surface area contributed by atoms with Gasteiger partial charge in [-0.25, -0.2) is 0 Å². The molecule has 1 saturated heterocycles. The van der Waals surface area contributed by atoms with Gasteiger partial charge in [-0.05, 0) is 17.7 Å². The lowest BCUT2D eigenvalue weighted by Gasteiger charge is -2.28. The van der Waals surface area contributed by atoms with Crippen LogP contribution < -0.4 is 10.4 Å². The van der Waals surface area contributed by atoms with Crippen molar-refractivity contribution in [2.75, 3.05) is 11.6 Å². The van der Waals surface area contributed by atoms with Gasteiger partial charge in [0.1, 0.15) is 12.5 Å². The van der Waals surface area contributed by atoms with Crippen molar-refractivity contribution >= 4 is 17.6 Å². The Hall–Kier alpha value is -2.82. The maximum absolute atomic E-state index is 12.4. The molecule has 1 heterocycles. The standard InChI is InChI=1S/C18H18N2O3/c1-13(21)23-12-16-17(14-8-4-2-5-9-14)20(19-18(16)22)15-10-6-3-7-11-15/h2-11,16-17H,12H2,1H3,(H,19,22). The summed E-state index contributed by atoms with van der Waals surface area (Å²) in [6.45, 7) is 1.41. The van der Waals surface area contributed by atoms with Crippen LogP contribution in [-0.2, 0) is 14.3 Å². The fraction of sp³-hybridized carbons (Fsp3) is 0.222. The van der Waals surface area contributed by atoms with Crippen LogP contribution in [0.2, 0.25) is 0 Å². The summed E-state index contributed by atoms with van der Waals surface area (Å²) in [5.74, 6) is -0.992. The molecule has 0 bridgehead atoms. The van der Waals surface area contributed by atoms with Crippen LogP contribution in [0.1, 0.15) is 18.5 Å². The third-order valence-electron chi connectivity index (χ3n) is 3.87. The Kier molecular flexibility index (Phi) is 4.28. The van der Waals surface area contributed by atoms with E-state index in [-0.39, 0.29) is 24.5 Å². The summed E-state index contributed by atoms with van der Waals surface area (Å²) in [6.07, 6.45) is 0. The number of hydrazine groups is 1. The molecule has 0 aliphatic carbocycles. The van der Waals surface area contributed by atoms with Gasteiger partial charge in [0.15, 0.2) is 0 Å². The van der Waals surface area contributed by atoms with Gasteiger partial charge in [0, 0.05) is 6.92 Å². The van der Waals surface area contributed by atoms with Crippen molar-refractivity contribution in [1.82, 2.24) is 5.43 Å². The number of esters is 1. The van der Waals surface area contributed by atoms with Crippen molar-refractivity contribution in [3.63, 3.8) is 0 Å². The van der Waals surface area contributed by atoms with E-state index < -0.39 is 5.92 Å². The van der Waals surface area contributed by atoms with Gasteiger partial charge in [-0.3, -0.25) is 20.0 Å². The molecule has 0 aromatic heterocycles. The Morgan fingerprint density at radius 2 is 1.70 bits per heavy atom. The smallest absolute Gasteiger partial charge is 0.302 e. The molecule has 5 heteroatoms. The van der Waals surface area contributed by atoms with Gasteiger partial charge in [0.25, 0.3) is 0 Å². The zero-order valence-electron chi connectivity index (χ0n) is 12.8. The van der Waals surface area contributed by atoms with Crippen LogP contribution in [-0.4, -0.2) is 18.5 Å². The molecule has 2 atom stereocenters. The highest BCUT2D eigenvalue weighted by atomic mass is 16.5. The van der Waals surface area contributed by atoms with Gasteiger partial charge in [0.05, 0.1) is 11.7 Å². The molecule has 0 radical (unpaired) electrons. The average Bonchev–Trinajstić information content (AvgIpc) is 2.91. The number of ether oxygens (including phenoxy) is 1. The molecule has 3 rings (SSSR count). The fourth-order valence-electron chi connectivity index (χ4n) is 2.81. The molecule has 2 unspecified atom stereocenters. The van der Waals surface area contributed by atoms with E-state index in [0.717, 1.165) is 11.3 Å². The summed E-state index contributed by atoms with van der Waals surface area (Å²) in [5, 5.41) is 1.84. The number of carbonyl (C=O) groups excluding carboxylic acids is 2. The second kappa shape index (κ2) is 6.52. The van der Waals surface area contributed by atoms with Crippen LogP contribution in [0.15, 0.2) is 60.7 Å². The Labute approximate surface area is 134 Å². The lowest BCUT2D eigenvalue weighted by Crippen LogP contribution is -2.34. The van der Waals surface area contributed by atoms with E-state index >= 15 is 0 Å². The normalized spacial score (nSPS) is 20.2. The van der Waals surface area contributed by atoms with E-state index in [1.54, 1.807) is 0 Å². The van der Waals surface area contributed by atoms with Crippen LogP contribution in [0, 0.1) is 5.92 Å². The molecule has 2 aromatic carbocycles. The highest BCUT2D eigenvalue weighted by molar-refractivity contribution is 5.86. The average molecular weight is 310 g/mol. The summed E-state index contributed by atoms with van der Waals surface area (Å²) < 4.78 is 5.11. The maximum atomic E-state index is 12.4. The molecule has 1 fully saturated rings. The monoisotopic (exact) mass is 310 g/mol. The van der Waals surface area contributed by atoms with Crippen molar-refractivity contribution in [3.05, 3.63) is 66.2 Å². The zero-order chi connectivity index (χ0) is 16.2. The van der Waals surface area contributed by atoms with Gasteiger partial charge in [-0.1, -0.05) is 48.5 Å². The van der Waals surface area contributed by atoms with Gasteiger partial charge >= 0.3 is 5.97 Å². The molecule has 0 saturated carbocycles. The van der Waals surface area contributed by atoms with E-state index in [1.165, 1.54) is 6.92 Å². The molecule has 1 N–H and O–H groups in total. The first-order valence-corrected chi connectivity index (χ1v) is 7.50. The minimum atomic E-state index is -0.457. The summed E-state index contributed by atoms with van der Waals surface area (Å²) in [4.78, 5) is 23.5. The Bertz CT molecular complexity index is 688. The van der Waals surface area contributed by atoms with Gasteiger partial charge in [-0.2, -0.15) is 0 Å². The van der Waals surface area contributed by atoms with Gasteiger partial charge in [-0.15, -0.1) is 0 Å². The summed E-state index contributed by atoms with van der Waals surface area (Å²) >= 11 is 0. The highest BCUT2D eigenvalue weighted by Crippen LogP contribution is 2.36. The number of carbonyl (C=O) groups is 2. The number of hydrogen-bond donors (Lipinski definition) is 1. The SMILES string of the molecule is CC(=O)OCC1C(=O)NN(c2ccccc2)C1c1ccccc1. The molecule has 23 heavy (non-hydrogen) atoms. The molecule has 1 aliphatic rings.